The molecule has 1 saturated carbocycles. The SMILES string of the molecule is COc1cc(-n2cc3[nH]n(-c4ccc(Cl)cc4)cc-3c2=O)ccc1OC[C@H](O[Si](C)(C)C(C)(C)C)C1CC1. The summed E-state index contributed by atoms with van der Waals surface area (Å²) in [6, 6.07) is 13.0. The fourth-order valence-corrected chi connectivity index (χ4v) is 5.82. The van der Waals surface area contributed by atoms with E-state index in [1.54, 1.807) is 24.1 Å². The van der Waals surface area contributed by atoms with Crippen molar-refractivity contribution >= 4 is 19.9 Å². The highest BCUT2D eigenvalue weighted by molar-refractivity contribution is 6.74. The summed E-state index contributed by atoms with van der Waals surface area (Å²) in [4.78, 5) is 13.2. The van der Waals surface area contributed by atoms with E-state index in [1.807, 2.05) is 47.1 Å². The lowest BCUT2D eigenvalue weighted by molar-refractivity contribution is 0.0959. The average molecular weight is 554 g/mol. The number of nitrogens with one attached hydrogen (secondary N) is 1. The van der Waals surface area contributed by atoms with Gasteiger partial charge in [-0.05, 0) is 73.3 Å². The van der Waals surface area contributed by atoms with Crippen LogP contribution in [0.1, 0.15) is 33.6 Å². The lowest BCUT2D eigenvalue weighted by Crippen LogP contribution is -2.46. The van der Waals surface area contributed by atoms with Crippen LogP contribution in [0.25, 0.3) is 22.6 Å². The minimum absolute atomic E-state index is 0.0751. The van der Waals surface area contributed by atoms with Gasteiger partial charge in [0, 0.05) is 23.5 Å². The molecule has 1 atom stereocenters. The Morgan fingerprint density at radius 2 is 1.74 bits per heavy atom. The van der Waals surface area contributed by atoms with Crippen molar-refractivity contribution in [2.45, 2.75) is 57.8 Å². The molecule has 1 fully saturated rings. The molecular formula is C29H36ClN3O4Si. The summed E-state index contributed by atoms with van der Waals surface area (Å²) in [5.41, 5.74) is 2.81. The molecule has 0 saturated heterocycles. The number of benzene rings is 2. The third-order valence-corrected chi connectivity index (χ3v) is 12.6. The van der Waals surface area contributed by atoms with Crippen LogP contribution in [0.2, 0.25) is 23.2 Å². The van der Waals surface area contributed by atoms with Gasteiger partial charge in [0.05, 0.1) is 35.8 Å². The number of aromatic nitrogens is 3. The molecule has 1 N–H and O–H groups in total. The fourth-order valence-electron chi connectivity index (χ4n) is 4.33. The highest BCUT2D eigenvalue weighted by atomic mass is 35.5. The quantitative estimate of drug-likeness (QED) is 0.229. The summed E-state index contributed by atoms with van der Waals surface area (Å²) in [5, 5.41) is 4.07. The minimum Gasteiger partial charge on any atom is -0.493 e. The van der Waals surface area contributed by atoms with Crippen LogP contribution in [0, 0.1) is 5.92 Å². The zero-order valence-electron chi connectivity index (χ0n) is 22.9. The number of aromatic amines is 1. The van der Waals surface area contributed by atoms with Gasteiger partial charge < -0.3 is 13.9 Å². The Labute approximate surface area is 229 Å². The monoisotopic (exact) mass is 553 g/mol. The second-order valence-corrected chi connectivity index (χ2v) is 16.8. The van der Waals surface area contributed by atoms with E-state index in [-0.39, 0.29) is 16.7 Å². The molecule has 0 unspecified atom stereocenters. The van der Waals surface area contributed by atoms with Crippen molar-refractivity contribution in [3.63, 3.8) is 0 Å². The predicted molar refractivity (Wildman–Crippen MR) is 154 cm³/mol. The third kappa shape index (κ3) is 5.30. The van der Waals surface area contributed by atoms with Gasteiger partial charge in [-0.3, -0.25) is 19.1 Å². The molecule has 9 heteroatoms. The van der Waals surface area contributed by atoms with E-state index in [9.17, 15) is 4.79 Å². The van der Waals surface area contributed by atoms with Crippen molar-refractivity contribution in [2.24, 2.45) is 5.92 Å². The number of methoxy groups -OCH3 is 1. The maximum absolute atomic E-state index is 13.2. The number of fused-ring (bicyclic) bond motifs is 1. The Balaban J connectivity index is 1.35. The zero-order chi connectivity index (χ0) is 27.2. The molecule has 2 aromatic rings. The summed E-state index contributed by atoms with van der Waals surface area (Å²) in [7, 11) is -0.294. The summed E-state index contributed by atoms with van der Waals surface area (Å²) >= 11 is 6.00. The van der Waals surface area contributed by atoms with Crippen LogP contribution < -0.4 is 15.0 Å². The summed E-state index contributed by atoms with van der Waals surface area (Å²) < 4.78 is 22.1. The van der Waals surface area contributed by atoms with Crippen LogP contribution >= 0.6 is 11.6 Å². The van der Waals surface area contributed by atoms with Gasteiger partial charge in [0.25, 0.3) is 5.56 Å². The first-order chi connectivity index (χ1) is 18.0. The molecule has 0 bridgehead atoms. The summed E-state index contributed by atoms with van der Waals surface area (Å²) in [5.74, 6) is 1.78. The molecule has 3 aliphatic rings. The number of H-pyrrole nitrogens is 1. The number of hydrogen-bond acceptors (Lipinski definition) is 4. The van der Waals surface area contributed by atoms with E-state index in [0.717, 1.165) is 11.4 Å². The number of ether oxygens (including phenoxy) is 2. The number of hydrogen-bond donors (Lipinski definition) is 1. The van der Waals surface area contributed by atoms with Crippen molar-refractivity contribution in [2.75, 3.05) is 13.7 Å². The van der Waals surface area contributed by atoms with E-state index in [4.69, 9.17) is 25.5 Å². The van der Waals surface area contributed by atoms with E-state index in [2.05, 4.69) is 39.0 Å². The number of halogens is 1. The number of rotatable bonds is 9. The maximum atomic E-state index is 13.2. The first-order valence-electron chi connectivity index (χ1n) is 13.0. The highest BCUT2D eigenvalue weighted by Gasteiger charge is 2.43. The summed E-state index contributed by atoms with van der Waals surface area (Å²) in [6.45, 7) is 11.8. The van der Waals surface area contributed by atoms with E-state index < -0.39 is 8.32 Å². The van der Waals surface area contributed by atoms with Gasteiger partial charge in [0.2, 0.25) is 0 Å². The molecule has 7 nitrogen and oxygen atoms in total. The zero-order valence-corrected chi connectivity index (χ0v) is 24.6. The summed E-state index contributed by atoms with van der Waals surface area (Å²) in [6.07, 6.45) is 6.04. The third-order valence-electron chi connectivity index (χ3n) is 7.83. The Hall–Kier alpha value is -2.94. The lowest BCUT2D eigenvalue weighted by Gasteiger charge is -2.39. The fraction of sp³-hybridized carbons (Fsp3) is 0.414. The molecule has 0 radical (unpaired) electrons. The Morgan fingerprint density at radius 1 is 1.05 bits per heavy atom. The molecule has 2 aliphatic heterocycles. The smallest absolute Gasteiger partial charge is 0.266 e. The molecular weight excluding hydrogens is 518 g/mol. The molecule has 0 spiro atoms. The van der Waals surface area contributed by atoms with E-state index in [0.29, 0.717) is 40.3 Å². The first-order valence-corrected chi connectivity index (χ1v) is 16.3. The topological polar surface area (TPSA) is 70.4 Å². The van der Waals surface area contributed by atoms with Gasteiger partial charge in [-0.1, -0.05) is 32.4 Å². The molecule has 1 aliphatic carbocycles. The van der Waals surface area contributed by atoms with Crippen LogP contribution in [-0.2, 0) is 4.43 Å². The van der Waals surface area contributed by atoms with Gasteiger partial charge in [-0.2, -0.15) is 0 Å². The van der Waals surface area contributed by atoms with Crippen molar-refractivity contribution in [3.8, 4) is 34.1 Å². The molecule has 5 rings (SSSR count). The normalized spacial score (nSPS) is 15.1. The van der Waals surface area contributed by atoms with Crippen LogP contribution in [0.3, 0.4) is 0 Å². The number of nitrogens with zero attached hydrogens (tertiary/aromatic N) is 2. The first kappa shape index (κ1) is 26.7. The van der Waals surface area contributed by atoms with Crippen LogP contribution in [0.5, 0.6) is 11.5 Å². The lowest BCUT2D eigenvalue weighted by atomic mass is 10.2. The van der Waals surface area contributed by atoms with Crippen molar-refractivity contribution < 1.29 is 13.9 Å². The van der Waals surface area contributed by atoms with Crippen LogP contribution in [0.15, 0.2) is 59.7 Å². The Bertz CT molecular complexity index is 1440. The molecule has 38 heavy (non-hydrogen) atoms. The highest BCUT2D eigenvalue weighted by Crippen LogP contribution is 2.42. The molecule has 202 valence electrons. The minimum atomic E-state index is -1.91. The van der Waals surface area contributed by atoms with Crippen molar-refractivity contribution in [1.29, 1.82) is 0 Å². The largest absolute Gasteiger partial charge is 0.493 e. The Kier molecular flexibility index (Phi) is 7.00. The van der Waals surface area contributed by atoms with Gasteiger partial charge in [0.1, 0.15) is 6.61 Å². The molecule has 0 amide bonds. The standard InChI is InChI=1S/C29H36ClN3O4Si/c1-29(2,3)38(5,6)37-27(19-7-8-19)18-36-25-14-13-22(15-26(25)35-4)32-17-24-23(28(32)34)16-33(31-24)21-11-9-20(30)10-12-21/h9-17,19,27,31H,7-8,18H2,1-6H3/t27-/m0/s1. The predicted octanol–water partition coefficient (Wildman–Crippen LogP) is 6.90. The average Bonchev–Trinajstić information content (AvgIpc) is 3.56. The van der Waals surface area contributed by atoms with Gasteiger partial charge in [0.15, 0.2) is 19.8 Å². The van der Waals surface area contributed by atoms with Gasteiger partial charge >= 0.3 is 0 Å². The molecule has 2 heterocycles. The van der Waals surface area contributed by atoms with Crippen molar-refractivity contribution in [1.82, 2.24) is 14.3 Å². The van der Waals surface area contributed by atoms with Crippen LogP contribution in [-0.4, -0.2) is 42.5 Å². The molecule has 2 aromatic carbocycles. The van der Waals surface area contributed by atoms with E-state index >= 15 is 0 Å². The van der Waals surface area contributed by atoms with Gasteiger partial charge in [-0.25, -0.2) is 0 Å². The second kappa shape index (κ2) is 9.98. The van der Waals surface area contributed by atoms with E-state index in [1.165, 1.54) is 12.8 Å². The Morgan fingerprint density at radius 3 is 2.34 bits per heavy atom. The maximum Gasteiger partial charge on any atom is 0.266 e. The van der Waals surface area contributed by atoms with Gasteiger partial charge in [-0.15, -0.1) is 0 Å². The molecule has 0 aromatic heterocycles. The second-order valence-electron chi connectivity index (χ2n) is 11.6. The van der Waals surface area contributed by atoms with Crippen molar-refractivity contribution in [3.05, 3.63) is 70.2 Å². The van der Waals surface area contributed by atoms with Crippen LogP contribution in [0.4, 0.5) is 0 Å².